The molecule has 1 heterocycles. The summed E-state index contributed by atoms with van der Waals surface area (Å²) in [5.41, 5.74) is 3.49. The van der Waals surface area contributed by atoms with Gasteiger partial charge in [-0.15, -0.1) is 0 Å². The van der Waals surface area contributed by atoms with E-state index in [0.29, 0.717) is 11.6 Å². The Morgan fingerprint density at radius 3 is 3.10 bits per heavy atom. The minimum Gasteiger partial charge on any atom is -0.492 e. The molecule has 4 heteroatoms. The van der Waals surface area contributed by atoms with E-state index in [-0.39, 0.29) is 6.04 Å². The third kappa shape index (κ3) is 2.59. The average molecular weight is 289 g/mol. The number of rotatable bonds is 4. The number of hydrogen-bond donors (Lipinski definition) is 1. The Hall–Kier alpha value is -1.74. The maximum absolute atomic E-state index is 6.21. The van der Waals surface area contributed by atoms with Gasteiger partial charge in [0.05, 0.1) is 23.4 Å². The molecule has 0 saturated carbocycles. The van der Waals surface area contributed by atoms with Crippen molar-refractivity contribution in [2.75, 3.05) is 11.9 Å². The summed E-state index contributed by atoms with van der Waals surface area (Å²) < 4.78 is 5.45. The fourth-order valence-electron chi connectivity index (χ4n) is 2.62. The van der Waals surface area contributed by atoms with Crippen molar-refractivity contribution < 1.29 is 4.74 Å². The SMILES string of the molecule is CCOc1ccc(NC2CCc3cccnc32)cc1Cl. The first kappa shape index (κ1) is 13.3. The van der Waals surface area contributed by atoms with Crippen LogP contribution in [0.2, 0.25) is 5.02 Å². The fraction of sp³-hybridized carbons (Fsp3) is 0.312. The molecule has 104 valence electrons. The Labute approximate surface area is 123 Å². The summed E-state index contributed by atoms with van der Waals surface area (Å²) in [5, 5.41) is 4.14. The summed E-state index contributed by atoms with van der Waals surface area (Å²) in [6, 6.07) is 10.2. The number of halogens is 1. The second kappa shape index (κ2) is 5.71. The lowest BCUT2D eigenvalue weighted by Crippen LogP contribution is -2.08. The number of aromatic nitrogens is 1. The zero-order valence-corrected chi connectivity index (χ0v) is 12.2. The number of pyridine rings is 1. The van der Waals surface area contributed by atoms with Crippen molar-refractivity contribution in [3.8, 4) is 5.75 Å². The molecule has 20 heavy (non-hydrogen) atoms. The molecule has 3 rings (SSSR count). The Morgan fingerprint density at radius 1 is 1.40 bits per heavy atom. The summed E-state index contributed by atoms with van der Waals surface area (Å²) in [6.45, 7) is 2.57. The number of benzene rings is 1. The summed E-state index contributed by atoms with van der Waals surface area (Å²) in [7, 11) is 0. The molecule has 3 nitrogen and oxygen atoms in total. The quantitative estimate of drug-likeness (QED) is 0.914. The number of hydrogen-bond acceptors (Lipinski definition) is 3. The van der Waals surface area contributed by atoms with E-state index < -0.39 is 0 Å². The molecule has 2 aromatic rings. The van der Waals surface area contributed by atoms with Crippen molar-refractivity contribution in [1.29, 1.82) is 0 Å². The molecule has 0 bridgehead atoms. The number of ether oxygens (including phenoxy) is 1. The first-order valence-electron chi connectivity index (χ1n) is 6.90. The summed E-state index contributed by atoms with van der Waals surface area (Å²) in [6.07, 6.45) is 3.99. The van der Waals surface area contributed by atoms with Crippen LogP contribution in [0.3, 0.4) is 0 Å². The second-order valence-electron chi connectivity index (χ2n) is 4.86. The average Bonchev–Trinajstić information content (AvgIpc) is 2.86. The smallest absolute Gasteiger partial charge is 0.138 e. The van der Waals surface area contributed by atoms with Gasteiger partial charge in [0.1, 0.15) is 5.75 Å². The predicted molar refractivity (Wildman–Crippen MR) is 81.5 cm³/mol. The van der Waals surface area contributed by atoms with Crippen LogP contribution < -0.4 is 10.1 Å². The van der Waals surface area contributed by atoms with Gasteiger partial charge in [-0.25, -0.2) is 0 Å². The second-order valence-corrected chi connectivity index (χ2v) is 5.27. The van der Waals surface area contributed by atoms with E-state index in [1.54, 1.807) is 0 Å². The van der Waals surface area contributed by atoms with Gasteiger partial charge in [-0.1, -0.05) is 17.7 Å². The normalized spacial score (nSPS) is 16.8. The lowest BCUT2D eigenvalue weighted by molar-refractivity contribution is 0.340. The number of aryl methyl sites for hydroxylation is 1. The number of nitrogens with zero attached hydrogens (tertiary/aromatic N) is 1. The van der Waals surface area contributed by atoms with Gasteiger partial charge in [0, 0.05) is 11.9 Å². The Morgan fingerprint density at radius 2 is 2.30 bits per heavy atom. The zero-order valence-electron chi connectivity index (χ0n) is 11.4. The third-order valence-corrected chi connectivity index (χ3v) is 3.83. The van der Waals surface area contributed by atoms with Crippen molar-refractivity contribution in [1.82, 2.24) is 4.98 Å². The van der Waals surface area contributed by atoms with Gasteiger partial charge in [0.2, 0.25) is 0 Å². The van der Waals surface area contributed by atoms with E-state index in [2.05, 4.69) is 16.4 Å². The van der Waals surface area contributed by atoms with Crippen molar-refractivity contribution in [3.63, 3.8) is 0 Å². The minimum absolute atomic E-state index is 0.264. The maximum atomic E-state index is 6.21. The predicted octanol–water partition coefficient (Wildman–Crippen LogP) is 4.23. The molecule has 1 N–H and O–H groups in total. The van der Waals surface area contributed by atoms with Crippen molar-refractivity contribution in [2.24, 2.45) is 0 Å². The van der Waals surface area contributed by atoms with Gasteiger partial charge >= 0.3 is 0 Å². The van der Waals surface area contributed by atoms with Crippen LogP contribution in [0.5, 0.6) is 5.75 Å². The van der Waals surface area contributed by atoms with Gasteiger partial charge in [0.15, 0.2) is 0 Å². The van der Waals surface area contributed by atoms with Gasteiger partial charge in [-0.2, -0.15) is 0 Å². The van der Waals surface area contributed by atoms with Crippen LogP contribution in [-0.4, -0.2) is 11.6 Å². The van der Waals surface area contributed by atoms with Gasteiger partial charge < -0.3 is 10.1 Å². The van der Waals surface area contributed by atoms with Crippen LogP contribution in [0, 0.1) is 0 Å². The molecule has 0 radical (unpaired) electrons. The van der Waals surface area contributed by atoms with Crippen LogP contribution in [0.4, 0.5) is 5.69 Å². The molecule has 1 aromatic heterocycles. The topological polar surface area (TPSA) is 34.1 Å². The molecule has 1 atom stereocenters. The molecule has 1 unspecified atom stereocenters. The lowest BCUT2D eigenvalue weighted by atomic mass is 10.2. The van der Waals surface area contributed by atoms with Gasteiger partial charge in [-0.3, -0.25) is 4.98 Å². The summed E-state index contributed by atoms with van der Waals surface area (Å²) in [5.74, 6) is 0.727. The monoisotopic (exact) mass is 288 g/mol. The highest BCUT2D eigenvalue weighted by Crippen LogP contribution is 2.34. The van der Waals surface area contributed by atoms with Gasteiger partial charge in [0.25, 0.3) is 0 Å². The van der Waals surface area contributed by atoms with Crippen LogP contribution in [0.15, 0.2) is 36.5 Å². The molecule has 1 aromatic carbocycles. The Kier molecular flexibility index (Phi) is 3.79. The van der Waals surface area contributed by atoms with E-state index in [9.17, 15) is 0 Å². The van der Waals surface area contributed by atoms with Crippen molar-refractivity contribution in [3.05, 3.63) is 52.8 Å². The third-order valence-electron chi connectivity index (χ3n) is 3.53. The molecule has 1 aliphatic carbocycles. The molecule has 1 aliphatic rings. The van der Waals surface area contributed by atoms with Crippen LogP contribution in [0.25, 0.3) is 0 Å². The zero-order chi connectivity index (χ0) is 13.9. The molecule has 0 spiro atoms. The lowest BCUT2D eigenvalue weighted by Gasteiger charge is -2.15. The minimum atomic E-state index is 0.264. The molecular weight excluding hydrogens is 272 g/mol. The van der Waals surface area contributed by atoms with Crippen LogP contribution in [0.1, 0.15) is 30.6 Å². The Bertz CT molecular complexity index is 615. The van der Waals surface area contributed by atoms with E-state index in [1.165, 1.54) is 5.56 Å². The van der Waals surface area contributed by atoms with Gasteiger partial charge in [-0.05, 0) is 49.6 Å². The van der Waals surface area contributed by atoms with E-state index >= 15 is 0 Å². The van der Waals surface area contributed by atoms with Crippen LogP contribution >= 0.6 is 11.6 Å². The Balaban J connectivity index is 1.78. The number of anilines is 1. The van der Waals surface area contributed by atoms with Crippen molar-refractivity contribution in [2.45, 2.75) is 25.8 Å². The first-order valence-corrected chi connectivity index (χ1v) is 7.28. The maximum Gasteiger partial charge on any atom is 0.138 e. The number of nitrogens with one attached hydrogen (secondary N) is 1. The fourth-order valence-corrected chi connectivity index (χ4v) is 2.85. The van der Waals surface area contributed by atoms with E-state index in [0.717, 1.165) is 30.0 Å². The summed E-state index contributed by atoms with van der Waals surface area (Å²) >= 11 is 6.21. The molecule has 0 fully saturated rings. The summed E-state index contributed by atoms with van der Waals surface area (Å²) in [4.78, 5) is 4.49. The highest BCUT2D eigenvalue weighted by molar-refractivity contribution is 6.32. The molecule has 0 aliphatic heterocycles. The van der Waals surface area contributed by atoms with Crippen LogP contribution in [-0.2, 0) is 6.42 Å². The largest absolute Gasteiger partial charge is 0.492 e. The van der Waals surface area contributed by atoms with Crippen molar-refractivity contribution >= 4 is 17.3 Å². The highest BCUT2D eigenvalue weighted by Gasteiger charge is 2.23. The van der Waals surface area contributed by atoms with E-state index in [4.69, 9.17) is 16.3 Å². The highest BCUT2D eigenvalue weighted by atomic mass is 35.5. The molecular formula is C16H17ClN2O. The molecule has 0 saturated heterocycles. The van der Waals surface area contributed by atoms with E-state index in [1.807, 2.05) is 37.4 Å². The number of fused-ring (bicyclic) bond motifs is 1. The first-order chi connectivity index (χ1) is 9.78. The molecule has 0 amide bonds. The standard InChI is InChI=1S/C16H17ClN2O/c1-2-20-15-8-6-12(10-13(15)17)19-14-7-5-11-4-3-9-18-16(11)14/h3-4,6,8-10,14,19H,2,5,7H2,1H3.